The topological polar surface area (TPSA) is 87.7 Å². The van der Waals surface area contributed by atoms with Gasteiger partial charge in [-0.1, -0.05) is 12.1 Å². The van der Waals surface area contributed by atoms with E-state index in [1.807, 2.05) is 6.07 Å². The van der Waals surface area contributed by atoms with Crippen LogP contribution in [-0.4, -0.2) is 64.3 Å². The van der Waals surface area contributed by atoms with Crippen LogP contribution in [0.4, 0.5) is 5.95 Å². The van der Waals surface area contributed by atoms with Gasteiger partial charge in [-0.05, 0) is 30.5 Å². The second-order valence-corrected chi connectivity index (χ2v) is 7.13. The summed E-state index contributed by atoms with van der Waals surface area (Å²) in [5.74, 6) is 1.22. The van der Waals surface area contributed by atoms with Gasteiger partial charge in [-0.25, -0.2) is 9.97 Å². The number of nitrogens with two attached hydrogens (primary N) is 1. The molecule has 3 N–H and O–H groups in total. The Hall–Kier alpha value is -2.22. The number of aliphatic hydroxyl groups is 1. The average molecular weight is 371 g/mol. The number of methoxy groups -OCH3 is 1. The maximum Gasteiger partial charge on any atom is 0.219 e. The van der Waals surface area contributed by atoms with Crippen LogP contribution in [0.25, 0.3) is 0 Å². The minimum absolute atomic E-state index is 0.196. The van der Waals surface area contributed by atoms with Gasteiger partial charge in [-0.15, -0.1) is 0 Å². The summed E-state index contributed by atoms with van der Waals surface area (Å²) in [6.45, 7) is 6.81. The lowest BCUT2D eigenvalue weighted by molar-refractivity contribution is 0.0499. The molecule has 1 aromatic heterocycles. The van der Waals surface area contributed by atoms with Gasteiger partial charge in [0.05, 0.1) is 7.11 Å². The van der Waals surface area contributed by atoms with Crippen LogP contribution in [0.3, 0.4) is 0 Å². The molecule has 1 aliphatic heterocycles. The maximum atomic E-state index is 9.53. The van der Waals surface area contributed by atoms with Crippen molar-refractivity contribution in [2.75, 3.05) is 39.1 Å². The Morgan fingerprint density at radius 3 is 2.63 bits per heavy atom. The van der Waals surface area contributed by atoms with Crippen LogP contribution in [0, 0.1) is 6.92 Å². The molecule has 0 amide bonds. The Morgan fingerprint density at radius 1 is 1.19 bits per heavy atom. The number of piperazine rings is 1. The zero-order valence-corrected chi connectivity index (χ0v) is 16.1. The van der Waals surface area contributed by atoms with Gasteiger partial charge in [0.2, 0.25) is 5.95 Å². The summed E-state index contributed by atoms with van der Waals surface area (Å²) in [5.41, 5.74) is 9.05. The van der Waals surface area contributed by atoms with E-state index in [0.717, 1.165) is 56.0 Å². The van der Waals surface area contributed by atoms with Crippen molar-refractivity contribution in [3.8, 4) is 5.75 Å². The molecule has 0 bridgehead atoms. The molecule has 2 heterocycles. The number of aromatic nitrogens is 2. The monoisotopic (exact) mass is 371 g/mol. The number of aliphatic hydroxyl groups excluding tert-OH is 1. The molecular formula is C20H29N5O2. The molecule has 1 fully saturated rings. The lowest BCUT2D eigenvalue weighted by Crippen LogP contribution is -2.52. The summed E-state index contributed by atoms with van der Waals surface area (Å²) in [6, 6.07) is 6.66. The van der Waals surface area contributed by atoms with E-state index in [1.54, 1.807) is 19.5 Å². The smallest absolute Gasteiger partial charge is 0.219 e. The first kappa shape index (κ1) is 19.5. The van der Waals surface area contributed by atoms with E-state index in [9.17, 15) is 5.11 Å². The van der Waals surface area contributed by atoms with Gasteiger partial charge in [0, 0.05) is 63.3 Å². The van der Waals surface area contributed by atoms with Crippen LogP contribution < -0.4 is 10.5 Å². The molecule has 146 valence electrons. The van der Waals surface area contributed by atoms with Crippen molar-refractivity contribution < 1.29 is 9.84 Å². The second kappa shape index (κ2) is 9.12. The molecule has 1 unspecified atom stereocenters. The zero-order chi connectivity index (χ0) is 19.2. The summed E-state index contributed by atoms with van der Waals surface area (Å²) in [5, 5.41) is 9.53. The highest BCUT2D eigenvalue weighted by atomic mass is 16.5. The molecule has 1 aromatic carbocycles. The lowest BCUT2D eigenvalue weighted by atomic mass is 10.0. The Morgan fingerprint density at radius 2 is 1.96 bits per heavy atom. The molecule has 27 heavy (non-hydrogen) atoms. The van der Waals surface area contributed by atoms with Gasteiger partial charge in [0.1, 0.15) is 5.75 Å². The fourth-order valence-corrected chi connectivity index (χ4v) is 3.71. The van der Waals surface area contributed by atoms with E-state index in [0.29, 0.717) is 12.0 Å². The molecule has 0 spiro atoms. The van der Waals surface area contributed by atoms with Gasteiger partial charge in [-0.2, -0.15) is 0 Å². The first-order valence-corrected chi connectivity index (χ1v) is 9.36. The molecule has 2 aromatic rings. The Bertz CT molecular complexity index is 738. The number of nitrogens with zero attached hydrogens (tertiary/aromatic N) is 4. The van der Waals surface area contributed by atoms with E-state index < -0.39 is 0 Å². The van der Waals surface area contributed by atoms with Crippen LogP contribution in [0.2, 0.25) is 0 Å². The highest BCUT2D eigenvalue weighted by Crippen LogP contribution is 2.22. The minimum atomic E-state index is 0.196. The van der Waals surface area contributed by atoms with Crippen LogP contribution in [0.5, 0.6) is 5.75 Å². The summed E-state index contributed by atoms with van der Waals surface area (Å²) in [6.07, 6.45) is 4.34. The van der Waals surface area contributed by atoms with Crippen molar-refractivity contribution in [1.29, 1.82) is 0 Å². The van der Waals surface area contributed by atoms with Crippen LogP contribution in [-0.2, 0) is 13.1 Å². The number of benzene rings is 1. The fourth-order valence-electron chi connectivity index (χ4n) is 3.71. The molecule has 1 saturated heterocycles. The number of nitrogen functional groups attached to an aromatic ring is 1. The SMILES string of the molecule is COc1ccc(CN2CCN(Cc3cnc(N)nc3)CC2CCO)cc1C. The molecule has 3 rings (SSSR count). The predicted octanol–water partition coefficient (Wildman–Crippen LogP) is 1.44. The highest BCUT2D eigenvalue weighted by Gasteiger charge is 2.26. The van der Waals surface area contributed by atoms with Crippen molar-refractivity contribution in [3.63, 3.8) is 0 Å². The summed E-state index contributed by atoms with van der Waals surface area (Å²) < 4.78 is 5.36. The zero-order valence-electron chi connectivity index (χ0n) is 16.1. The maximum absolute atomic E-state index is 9.53. The largest absolute Gasteiger partial charge is 0.496 e. The molecule has 1 aliphatic rings. The van der Waals surface area contributed by atoms with Gasteiger partial charge in [0.15, 0.2) is 0 Å². The number of hydrogen-bond donors (Lipinski definition) is 2. The van der Waals surface area contributed by atoms with Crippen LogP contribution in [0.1, 0.15) is 23.1 Å². The Labute approximate surface area is 160 Å². The molecule has 1 atom stereocenters. The minimum Gasteiger partial charge on any atom is -0.496 e. The van der Waals surface area contributed by atoms with Gasteiger partial charge < -0.3 is 15.6 Å². The molecule has 0 saturated carbocycles. The lowest BCUT2D eigenvalue weighted by Gasteiger charge is -2.41. The first-order chi connectivity index (χ1) is 13.1. The van der Waals surface area contributed by atoms with E-state index >= 15 is 0 Å². The fraction of sp³-hybridized carbons (Fsp3) is 0.500. The van der Waals surface area contributed by atoms with E-state index in [-0.39, 0.29) is 6.61 Å². The summed E-state index contributed by atoms with van der Waals surface area (Å²) in [7, 11) is 1.70. The molecule has 0 radical (unpaired) electrons. The summed E-state index contributed by atoms with van der Waals surface area (Å²) in [4.78, 5) is 13.0. The number of aryl methyl sites for hydroxylation is 1. The quantitative estimate of drug-likeness (QED) is 0.761. The van der Waals surface area contributed by atoms with E-state index in [2.05, 4.69) is 38.8 Å². The Kier molecular flexibility index (Phi) is 6.60. The molecule has 0 aliphatic carbocycles. The van der Waals surface area contributed by atoms with Crippen molar-refractivity contribution in [3.05, 3.63) is 47.3 Å². The predicted molar refractivity (Wildman–Crippen MR) is 105 cm³/mol. The third-order valence-corrected chi connectivity index (χ3v) is 5.13. The Balaban J connectivity index is 1.63. The van der Waals surface area contributed by atoms with Crippen molar-refractivity contribution in [2.24, 2.45) is 0 Å². The average Bonchev–Trinajstić information content (AvgIpc) is 2.66. The highest BCUT2D eigenvalue weighted by molar-refractivity contribution is 5.36. The van der Waals surface area contributed by atoms with Gasteiger partial charge in [-0.3, -0.25) is 9.80 Å². The van der Waals surface area contributed by atoms with E-state index in [4.69, 9.17) is 10.5 Å². The number of hydrogen-bond acceptors (Lipinski definition) is 7. The van der Waals surface area contributed by atoms with Gasteiger partial charge >= 0.3 is 0 Å². The van der Waals surface area contributed by atoms with Crippen LogP contribution in [0.15, 0.2) is 30.6 Å². The number of anilines is 1. The number of rotatable bonds is 7. The molecule has 7 nitrogen and oxygen atoms in total. The first-order valence-electron chi connectivity index (χ1n) is 9.36. The number of ether oxygens (including phenoxy) is 1. The molecular weight excluding hydrogens is 342 g/mol. The summed E-state index contributed by atoms with van der Waals surface area (Å²) >= 11 is 0. The second-order valence-electron chi connectivity index (χ2n) is 7.13. The van der Waals surface area contributed by atoms with Gasteiger partial charge in [0.25, 0.3) is 0 Å². The standard InChI is InChI=1S/C20H29N5O2/c1-15-9-16(3-4-19(15)27-2)13-25-7-6-24(14-18(25)5-8-26)12-17-10-22-20(21)23-11-17/h3-4,9-11,18,26H,5-8,12-14H2,1-2H3,(H2,21,22,23). The third kappa shape index (κ3) is 5.15. The van der Waals surface area contributed by atoms with Crippen molar-refractivity contribution in [2.45, 2.75) is 32.5 Å². The van der Waals surface area contributed by atoms with Crippen LogP contribution >= 0.6 is 0 Å². The third-order valence-electron chi connectivity index (χ3n) is 5.13. The normalized spacial score (nSPS) is 18.6. The molecule has 7 heteroatoms. The van der Waals surface area contributed by atoms with Crippen molar-refractivity contribution in [1.82, 2.24) is 19.8 Å². The van der Waals surface area contributed by atoms with Crippen molar-refractivity contribution >= 4 is 5.95 Å². The van der Waals surface area contributed by atoms with E-state index in [1.165, 1.54) is 5.56 Å².